The molecule has 0 aliphatic carbocycles. The molecule has 0 bridgehead atoms. The van der Waals surface area contributed by atoms with Crippen molar-refractivity contribution in [2.75, 3.05) is 5.32 Å². The zero-order valence-electron chi connectivity index (χ0n) is 14.3. The molecule has 0 heterocycles. The van der Waals surface area contributed by atoms with E-state index in [2.05, 4.69) is 5.32 Å². The molecule has 3 aromatic rings. The third kappa shape index (κ3) is 4.15. The number of carboxylic acid groups (broad SMARTS) is 1. The van der Waals surface area contributed by atoms with E-state index in [0.717, 1.165) is 0 Å². The Bertz CT molecular complexity index is 1030. The maximum absolute atomic E-state index is 13.0. The van der Waals surface area contributed by atoms with Crippen LogP contribution in [0.3, 0.4) is 0 Å². The third-order valence-electron chi connectivity index (χ3n) is 4.08. The highest BCUT2D eigenvalue weighted by atomic mass is 35.5. The van der Waals surface area contributed by atoms with Crippen molar-refractivity contribution in [3.05, 3.63) is 93.8 Å². The van der Waals surface area contributed by atoms with Crippen molar-refractivity contribution in [2.45, 2.75) is 6.92 Å². The number of carboxylic acids is 1. The van der Waals surface area contributed by atoms with Gasteiger partial charge in [0.15, 0.2) is 5.78 Å². The molecule has 6 heteroatoms. The Balaban J connectivity index is 1.89. The lowest BCUT2D eigenvalue weighted by atomic mass is 9.96. The summed E-state index contributed by atoms with van der Waals surface area (Å²) in [6.07, 6.45) is 0. The summed E-state index contributed by atoms with van der Waals surface area (Å²) < 4.78 is 13.0. The number of rotatable bonds is 5. The average molecular weight is 384 g/mol. The van der Waals surface area contributed by atoms with Gasteiger partial charge >= 0.3 is 5.97 Å². The molecule has 0 atom stereocenters. The minimum Gasteiger partial charge on any atom is -0.478 e. The van der Waals surface area contributed by atoms with Crippen LogP contribution in [0, 0.1) is 12.7 Å². The Morgan fingerprint density at radius 2 is 1.59 bits per heavy atom. The number of nitrogens with one attached hydrogen (secondary N) is 1. The van der Waals surface area contributed by atoms with Gasteiger partial charge in [-0.05, 0) is 67.1 Å². The number of ketones is 1. The predicted octanol–water partition coefficient (Wildman–Crippen LogP) is 5.46. The lowest BCUT2D eigenvalue weighted by Gasteiger charge is -2.11. The summed E-state index contributed by atoms with van der Waals surface area (Å²) in [5.74, 6) is -1.79. The summed E-state index contributed by atoms with van der Waals surface area (Å²) in [6.45, 7) is 1.73. The highest BCUT2D eigenvalue weighted by molar-refractivity contribution is 6.35. The zero-order valence-corrected chi connectivity index (χ0v) is 15.0. The Morgan fingerprint density at radius 1 is 0.926 bits per heavy atom. The van der Waals surface area contributed by atoms with E-state index in [0.29, 0.717) is 16.9 Å². The van der Waals surface area contributed by atoms with Crippen LogP contribution < -0.4 is 5.32 Å². The van der Waals surface area contributed by atoms with Crippen molar-refractivity contribution in [1.82, 2.24) is 0 Å². The number of carbonyl (C=O) groups excluding carboxylic acids is 1. The lowest BCUT2D eigenvalue weighted by Crippen LogP contribution is -2.07. The van der Waals surface area contributed by atoms with E-state index in [-0.39, 0.29) is 33.3 Å². The third-order valence-corrected chi connectivity index (χ3v) is 4.39. The zero-order chi connectivity index (χ0) is 19.6. The summed E-state index contributed by atoms with van der Waals surface area (Å²) >= 11 is 6.28. The van der Waals surface area contributed by atoms with E-state index in [4.69, 9.17) is 16.7 Å². The first-order chi connectivity index (χ1) is 12.8. The number of aryl methyl sites for hydroxylation is 1. The molecule has 0 aromatic heterocycles. The summed E-state index contributed by atoms with van der Waals surface area (Å²) in [5, 5.41) is 12.4. The van der Waals surface area contributed by atoms with E-state index >= 15 is 0 Å². The Labute approximate surface area is 160 Å². The Morgan fingerprint density at radius 3 is 2.22 bits per heavy atom. The van der Waals surface area contributed by atoms with Crippen LogP contribution in [0.2, 0.25) is 5.02 Å². The number of benzene rings is 3. The van der Waals surface area contributed by atoms with Crippen LogP contribution in [0.1, 0.15) is 31.8 Å². The van der Waals surface area contributed by atoms with Crippen LogP contribution in [-0.4, -0.2) is 16.9 Å². The van der Waals surface area contributed by atoms with Crippen LogP contribution in [0.4, 0.5) is 15.8 Å². The minimum atomic E-state index is -1.10. The van der Waals surface area contributed by atoms with Crippen molar-refractivity contribution in [3.63, 3.8) is 0 Å². The number of anilines is 2. The smallest absolute Gasteiger partial charge is 0.335 e. The van der Waals surface area contributed by atoms with Gasteiger partial charge in [-0.2, -0.15) is 0 Å². The van der Waals surface area contributed by atoms with Crippen molar-refractivity contribution in [1.29, 1.82) is 0 Å². The largest absolute Gasteiger partial charge is 0.478 e. The first-order valence-electron chi connectivity index (χ1n) is 8.06. The molecule has 27 heavy (non-hydrogen) atoms. The molecule has 0 aliphatic heterocycles. The molecule has 0 unspecified atom stereocenters. The lowest BCUT2D eigenvalue weighted by molar-refractivity contribution is 0.0697. The molecular weight excluding hydrogens is 369 g/mol. The van der Waals surface area contributed by atoms with E-state index in [9.17, 15) is 14.0 Å². The maximum Gasteiger partial charge on any atom is 0.335 e. The molecule has 0 aliphatic rings. The van der Waals surface area contributed by atoms with Crippen molar-refractivity contribution in [2.24, 2.45) is 0 Å². The van der Waals surface area contributed by atoms with Crippen LogP contribution >= 0.6 is 11.6 Å². The van der Waals surface area contributed by atoms with Gasteiger partial charge in [0, 0.05) is 22.5 Å². The first kappa shape index (κ1) is 18.6. The van der Waals surface area contributed by atoms with Gasteiger partial charge in [-0.1, -0.05) is 17.7 Å². The van der Waals surface area contributed by atoms with Gasteiger partial charge in [-0.3, -0.25) is 4.79 Å². The van der Waals surface area contributed by atoms with E-state index in [1.807, 2.05) is 0 Å². The molecule has 3 aromatic carbocycles. The van der Waals surface area contributed by atoms with E-state index in [1.54, 1.807) is 43.3 Å². The second-order valence-electron chi connectivity index (χ2n) is 5.99. The fourth-order valence-corrected chi connectivity index (χ4v) is 2.89. The molecule has 2 N–H and O–H groups in total. The first-order valence-corrected chi connectivity index (χ1v) is 8.44. The number of halogens is 2. The molecular formula is C21H15ClFNO3. The summed E-state index contributed by atoms with van der Waals surface area (Å²) in [4.78, 5) is 24.0. The van der Waals surface area contributed by atoms with E-state index < -0.39 is 5.97 Å². The fraction of sp³-hybridized carbons (Fsp3) is 0.0476. The highest BCUT2D eigenvalue weighted by Gasteiger charge is 2.17. The van der Waals surface area contributed by atoms with Gasteiger partial charge in [0.25, 0.3) is 0 Å². The molecule has 0 radical (unpaired) electrons. The van der Waals surface area contributed by atoms with Gasteiger partial charge < -0.3 is 10.4 Å². The Hall–Kier alpha value is -3.18. The van der Waals surface area contributed by atoms with Crippen molar-refractivity contribution < 1.29 is 19.1 Å². The molecule has 0 saturated heterocycles. The molecule has 0 amide bonds. The van der Waals surface area contributed by atoms with Gasteiger partial charge in [0.05, 0.1) is 10.6 Å². The average Bonchev–Trinajstić information content (AvgIpc) is 2.63. The number of hydrogen-bond acceptors (Lipinski definition) is 3. The molecule has 0 saturated carbocycles. The fourth-order valence-electron chi connectivity index (χ4n) is 2.62. The van der Waals surface area contributed by atoms with Crippen molar-refractivity contribution in [3.8, 4) is 0 Å². The monoisotopic (exact) mass is 383 g/mol. The second kappa shape index (κ2) is 7.60. The van der Waals surface area contributed by atoms with Crippen LogP contribution in [0.15, 0.2) is 60.7 Å². The molecule has 0 fully saturated rings. The molecule has 4 nitrogen and oxygen atoms in total. The second-order valence-corrected chi connectivity index (χ2v) is 6.40. The predicted molar refractivity (Wildman–Crippen MR) is 103 cm³/mol. The SMILES string of the molecule is Cc1ccc(C(=O)O)cc1C(=O)c1ccc(Nc2ccc(F)cc2)cc1Cl. The highest BCUT2D eigenvalue weighted by Crippen LogP contribution is 2.27. The van der Waals surface area contributed by atoms with E-state index in [1.165, 1.54) is 24.3 Å². The number of aromatic carboxylic acids is 1. The number of hydrogen-bond donors (Lipinski definition) is 2. The van der Waals surface area contributed by atoms with Crippen LogP contribution in [0.25, 0.3) is 0 Å². The molecule has 0 spiro atoms. The maximum atomic E-state index is 13.0. The summed E-state index contributed by atoms with van der Waals surface area (Å²) in [5.41, 5.74) is 2.57. The quantitative estimate of drug-likeness (QED) is 0.574. The number of carbonyl (C=O) groups is 2. The topological polar surface area (TPSA) is 66.4 Å². The summed E-state index contributed by atoms with van der Waals surface area (Å²) in [7, 11) is 0. The Kier molecular flexibility index (Phi) is 5.23. The van der Waals surface area contributed by atoms with Crippen LogP contribution in [-0.2, 0) is 0 Å². The van der Waals surface area contributed by atoms with Gasteiger partial charge in [-0.15, -0.1) is 0 Å². The normalized spacial score (nSPS) is 10.5. The van der Waals surface area contributed by atoms with Gasteiger partial charge in [0.1, 0.15) is 5.82 Å². The molecule has 136 valence electrons. The van der Waals surface area contributed by atoms with Gasteiger partial charge in [0.2, 0.25) is 0 Å². The summed E-state index contributed by atoms with van der Waals surface area (Å²) in [6, 6.07) is 15.1. The van der Waals surface area contributed by atoms with Gasteiger partial charge in [-0.25, -0.2) is 9.18 Å². The standard InChI is InChI=1S/C21H15ClFNO3/c1-12-2-3-13(21(26)27)10-18(12)20(25)17-9-8-16(11-19(17)22)24-15-6-4-14(23)5-7-15/h2-11,24H,1H3,(H,26,27). The van der Waals surface area contributed by atoms with Crippen molar-refractivity contribution >= 4 is 34.7 Å². The van der Waals surface area contributed by atoms with Crippen LogP contribution in [0.5, 0.6) is 0 Å². The minimum absolute atomic E-state index is 0.0367. The molecule has 3 rings (SSSR count).